The second kappa shape index (κ2) is 20.7. The van der Waals surface area contributed by atoms with Gasteiger partial charge in [-0.1, -0.05) is 25.7 Å². The topological polar surface area (TPSA) is 173 Å². The second-order valence-corrected chi connectivity index (χ2v) is 6.99. The van der Waals surface area contributed by atoms with Gasteiger partial charge in [0.05, 0.1) is 6.54 Å². The van der Waals surface area contributed by atoms with E-state index >= 15 is 0 Å². The van der Waals surface area contributed by atoms with E-state index in [0.717, 1.165) is 70.9 Å². The van der Waals surface area contributed by atoms with Gasteiger partial charge in [0.2, 0.25) is 5.91 Å². The van der Waals surface area contributed by atoms with Gasteiger partial charge in [-0.25, -0.2) is 4.79 Å². The monoisotopic (exact) mass is 414 g/mol. The van der Waals surface area contributed by atoms with Crippen LogP contribution >= 0.6 is 0 Å². The van der Waals surface area contributed by atoms with Crippen molar-refractivity contribution >= 4 is 17.9 Å². The summed E-state index contributed by atoms with van der Waals surface area (Å²) in [5, 5.41) is 11.4. The molecule has 0 bridgehead atoms. The third kappa shape index (κ3) is 22.1. The van der Waals surface area contributed by atoms with Crippen LogP contribution in [0.3, 0.4) is 0 Å². The van der Waals surface area contributed by atoms with Crippen LogP contribution in [0.1, 0.15) is 57.8 Å². The molecule has 3 amide bonds. The summed E-state index contributed by atoms with van der Waals surface area (Å²) in [5.74, 6) is -0.0172. The maximum absolute atomic E-state index is 11.7. The van der Waals surface area contributed by atoms with E-state index in [4.69, 9.17) is 17.2 Å². The fourth-order valence-corrected chi connectivity index (χ4v) is 2.59. The molecule has 10 N–H and O–H groups in total. The Labute approximate surface area is 175 Å². The number of aliphatic imine (C=N–C) groups is 1. The van der Waals surface area contributed by atoms with Gasteiger partial charge in [-0.15, -0.1) is 0 Å². The highest BCUT2D eigenvalue weighted by molar-refractivity contribution is 5.83. The van der Waals surface area contributed by atoms with Gasteiger partial charge in [0.1, 0.15) is 0 Å². The molecule has 0 aromatic rings. The van der Waals surface area contributed by atoms with E-state index in [1.165, 1.54) is 0 Å². The molecule has 170 valence electrons. The van der Waals surface area contributed by atoms with Crippen molar-refractivity contribution in [3.63, 3.8) is 0 Å². The minimum atomic E-state index is -0.308. The van der Waals surface area contributed by atoms with E-state index in [9.17, 15) is 9.59 Å². The van der Waals surface area contributed by atoms with Gasteiger partial charge in [0.15, 0.2) is 5.96 Å². The van der Waals surface area contributed by atoms with E-state index in [1.807, 2.05) is 0 Å². The Morgan fingerprint density at radius 3 is 2.00 bits per heavy atom. The SMILES string of the molecule is NCCCNCCCCNC(=O)NCC(=O)NCCCCCCCCN=C(N)N. The third-order valence-electron chi connectivity index (χ3n) is 4.23. The number of amides is 3. The zero-order valence-electron chi connectivity index (χ0n) is 17.8. The molecule has 0 fully saturated rings. The summed E-state index contributed by atoms with van der Waals surface area (Å²) in [5.41, 5.74) is 15.9. The van der Waals surface area contributed by atoms with Crippen molar-refractivity contribution < 1.29 is 9.59 Å². The average Bonchev–Trinajstić information content (AvgIpc) is 2.69. The number of carbonyl (C=O) groups is 2. The standard InChI is InChI=1S/C19H42N8O2/c20-10-9-12-23-11-7-8-15-26-19(29)27-16-17(28)24-13-5-3-1-2-4-6-14-25-18(21)22/h23H,1-16,20H2,(H,24,28)(H4,21,22,25)(H2,26,27,29). The quantitative estimate of drug-likeness (QED) is 0.0870. The molecular weight excluding hydrogens is 372 g/mol. The van der Waals surface area contributed by atoms with Crippen molar-refractivity contribution in [2.24, 2.45) is 22.2 Å². The molecule has 0 heterocycles. The van der Waals surface area contributed by atoms with Gasteiger partial charge < -0.3 is 38.5 Å². The first-order valence-electron chi connectivity index (χ1n) is 10.8. The van der Waals surface area contributed by atoms with Crippen LogP contribution in [0.2, 0.25) is 0 Å². The first-order chi connectivity index (χ1) is 14.1. The van der Waals surface area contributed by atoms with Crippen molar-refractivity contribution in [3.8, 4) is 0 Å². The van der Waals surface area contributed by atoms with Crippen LogP contribution in [0.25, 0.3) is 0 Å². The van der Waals surface area contributed by atoms with Gasteiger partial charge in [0.25, 0.3) is 0 Å². The van der Waals surface area contributed by atoms with Crippen LogP contribution in [0, 0.1) is 0 Å². The van der Waals surface area contributed by atoms with E-state index in [0.29, 0.717) is 26.2 Å². The Kier molecular flexibility index (Phi) is 19.2. The number of rotatable bonds is 19. The summed E-state index contributed by atoms with van der Waals surface area (Å²) < 4.78 is 0. The van der Waals surface area contributed by atoms with E-state index in [2.05, 4.69) is 26.3 Å². The van der Waals surface area contributed by atoms with Crippen molar-refractivity contribution in [1.29, 1.82) is 0 Å². The summed E-state index contributed by atoms with van der Waals surface area (Å²) in [6.45, 7) is 4.46. The van der Waals surface area contributed by atoms with Crippen molar-refractivity contribution in [1.82, 2.24) is 21.3 Å². The maximum Gasteiger partial charge on any atom is 0.315 e. The normalized spacial score (nSPS) is 10.4. The molecule has 0 saturated carbocycles. The minimum absolute atomic E-state index is 0.00271. The molecule has 0 saturated heterocycles. The Morgan fingerprint density at radius 2 is 1.28 bits per heavy atom. The summed E-state index contributed by atoms with van der Waals surface area (Å²) in [6, 6.07) is -0.308. The summed E-state index contributed by atoms with van der Waals surface area (Å²) in [7, 11) is 0. The highest BCUT2D eigenvalue weighted by Crippen LogP contribution is 2.04. The van der Waals surface area contributed by atoms with Crippen molar-refractivity contribution in [2.45, 2.75) is 57.8 Å². The Morgan fingerprint density at radius 1 is 0.690 bits per heavy atom. The van der Waals surface area contributed by atoms with Crippen LogP contribution in [-0.2, 0) is 4.79 Å². The number of urea groups is 1. The van der Waals surface area contributed by atoms with Gasteiger partial charge in [0, 0.05) is 19.6 Å². The van der Waals surface area contributed by atoms with Gasteiger partial charge in [-0.2, -0.15) is 0 Å². The van der Waals surface area contributed by atoms with Crippen molar-refractivity contribution in [2.75, 3.05) is 45.8 Å². The molecule has 0 aliphatic heterocycles. The number of unbranched alkanes of at least 4 members (excludes halogenated alkanes) is 6. The Balaban J connectivity index is 3.36. The molecule has 0 atom stereocenters. The molecule has 0 rings (SSSR count). The summed E-state index contributed by atoms with van der Waals surface area (Å²) in [4.78, 5) is 27.3. The maximum atomic E-state index is 11.7. The lowest BCUT2D eigenvalue weighted by molar-refractivity contribution is -0.120. The van der Waals surface area contributed by atoms with Gasteiger partial charge in [-0.05, 0) is 51.7 Å². The minimum Gasteiger partial charge on any atom is -0.370 e. The number of hydrogen-bond acceptors (Lipinski definition) is 5. The molecule has 0 radical (unpaired) electrons. The van der Waals surface area contributed by atoms with E-state index in [1.54, 1.807) is 0 Å². The molecule has 29 heavy (non-hydrogen) atoms. The second-order valence-electron chi connectivity index (χ2n) is 6.99. The lowest BCUT2D eigenvalue weighted by atomic mass is 10.1. The predicted molar refractivity (Wildman–Crippen MR) is 119 cm³/mol. The number of nitrogens with one attached hydrogen (secondary N) is 4. The molecule has 10 heteroatoms. The molecule has 0 unspecified atom stereocenters. The molecule has 0 spiro atoms. The smallest absolute Gasteiger partial charge is 0.315 e. The molecule has 10 nitrogen and oxygen atoms in total. The number of guanidine groups is 1. The highest BCUT2D eigenvalue weighted by atomic mass is 16.2. The number of carbonyl (C=O) groups excluding carboxylic acids is 2. The Bertz CT molecular complexity index is 442. The lowest BCUT2D eigenvalue weighted by Gasteiger charge is -2.09. The number of nitrogens with two attached hydrogens (primary N) is 3. The number of hydrogen-bond donors (Lipinski definition) is 7. The summed E-state index contributed by atoms with van der Waals surface area (Å²) in [6.07, 6.45) is 9.22. The van der Waals surface area contributed by atoms with Crippen LogP contribution in [0.4, 0.5) is 4.79 Å². The first-order valence-corrected chi connectivity index (χ1v) is 10.8. The van der Waals surface area contributed by atoms with E-state index < -0.39 is 0 Å². The zero-order valence-corrected chi connectivity index (χ0v) is 17.8. The molecule has 0 aliphatic carbocycles. The van der Waals surface area contributed by atoms with Gasteiger partial charge >= 0.3 is 6.03 Å². The van der Waals surface area contributed by atoms with Crippen molar-refractivity contribution in [3.05, 3.63) is 0 Å². The van der Waals surface area contributed by atoms with Crippen LogP contribution < -0.4 is 38.5 Å². The third-order valence-corrected chi connectivity index (χ3v) is 4.23. The lowest BCUT2D eigenvalue weighted by Crippen LogP contribution is -2.42. The fourth-order valence-electron chi connectivity index (χ4n) is 2.59. The average molecular weight is 415 g/mol. The fraction of sp³-hybridized carbons (Fsp3) is 0.842. The molecular formula is C19H42N8O2. The molecule has 0 aromatic heterocycles. The van der Waals surface area contributed by atoms with Crippen LogP contribution in [0.5, 0.6) is 0 Å². The first kappa shape index (κ1) is 26.9. The highest BCUT2D eigenvalue weighted by Gasteiger charge is 2.04. The zero-order chi connectivity index (χ0) is 21.6. The Hall–Kier alpha value is -2.07. The predicted octanol–water partition coefficient (Wildman–Crippen LogP) is -0.266. The molecule has 0 aliphatic rings. The van der Waals surface area contributed by atoms with Crippen LogP contribution in [-0.4, -0.2) is 63.7 Å². The summed E-state index contributed by atoms with van der Waals surface area (Å²) >= 11 is 0. The van der Waals surface area contributed by atoms with Gasteiger partial charge in [-0.3, -0.25) is 9.79 Å². The van der Waals surface area contributed by atoms with Crippen LogP contribution in [0.15, 0.2) is 4.99 Å². The molecule has 0 aromatic carbocycles. The number of nitrogens with zero attached hydrogens (tertiary/aromatic N) is 1. The largest absolute Gasteiger partial charge is 0.370 e. The van der Waals surface area contributed by atoms with E-state index in [-0.39, 0.29) is 24.4 Å².